The molecule has 2 aromatic rings. The lowest BCUT2D eigenvalue weighted by Crippen LogP contribution is -2.42. The Balaban J connectivity index is 1.64. The lowest BCUT2D eigenvalue weighted by Gasteiger charge is -2.28. The van der Waals surface area contributed by atoms with Crippen LogP contribution >= 0.6 is 0 Å². The van der Waals surface area contributed by atoms with Gasteiger partial charge in [-0.1, -0.05) is 6.92 Å². The molecule has 2 atom stereocenters. The number of nitrogens with zero attached hydrogens (tertiary/aromatic N) is 6. The van der Waals surface area contributed by atoms with E-state index in [1.807, 2.05) is 12.4 Å². The molecule has 0 spiro atoms. The Bertz CT molecular complexity index is 682. The van der Waals surface area contributed by atoms with Gasteiger partial charge in [-0.25, -0.2) is 4.98 Å². The van der Waals surface area contributed by atoms with Crippen molar-refractivity contribution >= 4 is 0 Å². The van der Waals surface area contributed by atoms with Gasteiger partial charge in [0.2, 0.25) is 11.8 Å². The summed E-state index contributed by atoms with van der Waals surface area (Å²) < 4.78 is 7.67. The van der Waals surface area contributed by atoms with Gasteiger partial charge in [-0.15, -0.1) is 10.2 Å². The molecule has 0 saturated carbocycles. The first kappa shape index (κ1) is 18.0. The monoisotopic (exact) mass is 348 g/mol. The lowest BCUT2D eigenvalue weighted by molar-refractivity contribution is 0.0760. The van der Waals surface area contributed by atoms with Crippen molar-refractivity contribution < 1.29 is 9.52 Å². The summed E-state index contributed by atoms with van der Waals surface area (Å²) in [5, 5.41) is 18.5. The molecule has 3 heterocycles. The van der Waals surface area contributed by atoms with E-state index in [0.717, 1.165) is 25.5 Å². The van der Waals surface area contributed by atoms with E-state index in [9.17, 15) is 5.11 Å². The molecular weight excluding hydrogens is 320 g/mol. The number of hydrogen-bond acceptors (Lipinski definition) is 7. The lowest BCUT2D eigenvalue weighted by atomic mass is 10.2. The van der Waals surface area contributed by atoms with Crippen molar-refractivity contribution in [1.82, 2.24) is 29.5 Å². The number of aliphatic hydroxyl groups excluding tert-OH is 1. The van der Waals surface area contributed by atoms with Crippen LogP contribution in [0.25, 0.3) is 0 Å². The predicted molar refractivity (Wildman–Crippen MR) is 92.8 cm³/mol. The molecule has 1 aliphatic heterocycles. The van der Waals surface area contributed by atoms with Gasteiger partial charge in [-0.3, -0.25) is 9.80 Å². The molecule has 1 saturated heterocycles. The van der Waals surface area contributed by atoms with Crippen molar-refractivity contribution in [3.05, 3.63) is 30.0 Å². The second kappa shape index (κ2) is 7.63. The van der Waals surface area contributed by atoms with Crippen LogP contribution < -0.4 is 0 Å². The highest BCUT2D eigenvalue weighted by Crippen LogP contribution is 2.21. The maximum Gasteiger partial charge on any atom is 0.230 e. The zero-order chi connectivity index (χ0) is 18.0. The molecule has 2 aromatic heterocycles. The van der Waals surface area contributed by atoms with E-state index in [-0.39, 0.29) is 6.04 Å². The molecule has 0 amide bonds. The third kappa shape index (κ3) is 4.08. The highest BCUT2D eigenvalue weighted by atomic mass is 16.4. The molecule has 0 radical (unpaired) electrons. The Labute approximate surface area is 148 Å². The first-order valence-corrected chi connectivity index (χ1v) is 8.93. The quantitative estimate of drug-likeness (QED) is 0.805. The van der Waals surface area contributed by atoms with Crippen molar-refractivity contribution in [3.8, 4) is 0 Å². The van der Waals surface area contributed by atoms with Gasteiger partial charge >= 0.3 is 0 Å². The van der Waals surface area contributed by atoms with Gasteiger partial charge in [0.25, 0.3) is 0 Å². The summed E-state index contributed by atoms with van der Waals surface area (Å²) in [6.45, 7) is 11.7. The Kier molecular flexibility index (Phi) is 5.51. The number of aromatic nitrogens is 4. The second-order valence-corrected chi connectivity index (χ2v) is 6.95. The van der Waals surface area contributed by atoms with Gasteiger partial charge < -0.3 is 14.1 Å². The van der Waals surface area contributed by atoms with Crippen molar-refractivity contribution in [2.45, 2.75) is 59.0 Å². The fourth-order valence-electron chi connectivity index (χ4n) is 3.51. The highest BCUT2D eigenvalue weighted by Gasteiger charge is 2.36. The fourth-order valence-corrected chi connectivity index (χ4v) is 3.51. The number of aliphatic hydroxyl groups is 1. The molecule has 8 nitrogen and oxygen atoms in total. The molecule has 1 N–H and O–H groups in total. The third-order valence-corrected chi connectivity index (χ3v) is 4.79. The maximum atomic E-state index is 10.6. The molecule has 0 aliphatic carbocycles. The number of rotatable bonds is 7. The predicted octanol–water partition coefficient (Wildman–Crippen LogP) is 1.22. The molecule has 0 aromatic carbocycles. The Morgan fingerprint density at radius 3 is 2.80 bits per heavy atom. The topological polar surface area (TPSA) is 83.5 Å². The molecule has 138 valence electrons. The van der Waals surface area contributed by atoms with E-state index in [1.54, 1.807) is 6.92 Å². The summed E-state index contributed by atoms with van der Waals surface area (Å²) in [5.41, 5.74) is 0. The number of imidazole rings is 1. The molecule has 0 bridgehead atoms. The molecule has 25 heavy (non-hydrogen) atoms. The summed E-state index contributed by atoms with van der Waals surface area (Å²) in [6, 6.07) is 0.438. The molecular formula is C17H28N6O2. The number of hydrogen-bond donors (Lipinski definition) is 1. The van der Waals surface area contributed by atoms with Gasteiger partial charge in [0, 0.05) is 38.4 Å². The maximum absolute atomic E-state index is 10.6. The van der Waals surface area contributed by atoms with Crippen LogP contribution in [-0.4, -0.2) is 66.4 Å². The minimum absolute atomic E-state index is 0.0552. The van der Waals surface area contributed by atoms with Crippen molar-refractivity contribution in [3.63, 3.8) is 0 Å². The van der Waals surface area contributed by atoms with Gasteiger partial charge in [0.05, 0.1) is 25.2 Å². The zero-order valence-corrected chi connectivity index (χ0v) is 15.5. The summed E-state index contributed by atoms with van der Waals surface area (Å²) in [6.07, 6.45) is 3.46. The van der Waals surface area contributed by atoms with Crippen LogP contribution in [0.2, 0.25) is 0 Å². The Morgan fingerprint density at radius 2 is 2.16 bits per heavy atom. The van der Waals surface area contributed by atoms with E-state index < -0.39 is 6.10 Å². The minimum atomic E-state index is -0.397. The van der Waals surface area contributed by atoms with Crippen LogP contribution in [0, 0.1) is 6.92 Å². The molecule has 1 aliphatic rings. The average Bonchev–Trinajstić information content (AvgIpc) is 3.26. The van der Waals surface area contributed by atoms with Crippen molar-refractivity contribution in [1.29, 1.82) is 0 Å². The largest absolute Gasteiger partial charge is 0.424 e. The average molecular weight is 348 g/mol. The van der Waals surface area contributed by atoms with Gasteiger partial charge in [0.1, 0.15) is 5.82 Å². The molecule has 3 rings (SSSR count). The normalized spacial score (nSPS) is 21.7. The van der Waals surface area contributed by atoms with Crippen LogP contribution in [0.5, 0.6) is 0 Å². The standard InChI is InChI=1S/C17H28N6O2/c1-5-22(11-17-20-19-13(4)25-17)14-8-21(9-15(14)24)10-16-18-6-7-23(16)12(2)3/h6-7,12,14-15,24H,5,8-11H2,1-4H3/t14?,15-/m1/s1. The highest BCUT2D eigenvalue weighted by molar-refractivity contribution is 4.98. The minimum Gasteiger partial charge on any atom is -0.424 e. The zero-order valence-electron chi connectivity index (χ0n) is 15.5. The SMILES string of the molecule is CCN(Cc1nnc(C)o1)C1CN(Cc2nccn2C(C)C)C[C@H]1O. The van der Waals surface area contributed by atoms with Crippen LogP contribution in [-0.2, 0) is 13.1 Å². The van der Waals surface area contributed by atoms with Crippen LogP contribution in [0.4, 0.5) is 0 Å². The van der Waals surface area contributed by atoms with Crippen LogP contribution in [0.1, 0.15) is 44.4 Å². The summed E-state index contributed by atoms with van der Waals surface area (Å²) in [4.78, 5) is 8.94. The second-order valence-electron chi connectivity index (χ2n) is 6.95. The smallest absolute Gasteiger partial charge is 0.230 e. The molecule has 1 fully saturated rings. The van der Waals surface area contributed by atoms with Gasteiger partial charge in [-0.2, -0.15) is 0 Å². The van der Waals surface area contributed by atoms with E-state index in [0.29, 0.717) is 30.9 Å². The number of likely N-dealkylation sites (N-methyl/N-ethyl adjacent to an activating group) is 1. The number of likely N-dealkylation sites (tertiary alicyclic amines) is 1. The summed E-state index contributed by atoms with van der Waals surface area (Å²) in [7, 11) is 0. The number of aryl methyl sites for hydroxylation is 1. The number of β-amino-alcohol motifs (C(OH)–C–C–N with tert-alkyl or cyclic N) is 1. The first-order valence-electron chi connectivity index (χ1n) is 8.93. The van der Waals surface area contributed by atoms with E-state index in [1.165, 1.54) is 0 Å². The third-order valence-electron chi connectivity index (χ3n) is 4.79. The van der Waals surface area contributed by atoms with E-state index in [2.05, 4.69) is 50.3 Å². The molecule has 8 heteroatoms. The van der Waals surface area contributed by atoms with Gasteiger partial charge in [0.15, 0.2) is 0 Å². The van der Waals surface area contributed by atoms with E-state index >= 15 is 0 Å². The summed E-state index contributed by atoms with van der Waals surface area (Å²) in [5.74, 6) is 2.21. The van der Waals surface area contributed by atoms with Crippen LogP contribution in [0.15, 0.2) is 16.8 Å². The fraction of sp³-hybridized carbons (Fsp3) is 0.706. The summed E-state index contributed by atoms with van der Waals surface area (Å²) >= 11 is 0. The van der Waals surface area contributed by atoms with Crippen LogP contribution in [0.3, 0.4) is 0 Å². The Morgan fingerprint density at radius 1 is 1.36 bits per heavy atom. The van der Waals surface area contributed by atoms with Crippen molar-refractivity contribution in [2.75, 3.05) is 19.6 Å². The molecule has 1 unspecified atom stereocenters. The Hall–Kier alpha value is -1.77. The van der Waals surface area contributed by atoms with Crippen molar-refractivity contribution in [2.24, 2.45) is 0 Å². The van der Waals surface area contributed by atoms with E-state index in [4.69, 9.17) is 4.42 Å². The van der Waals surface area contributed by atoms with Gasteiger partial charge in [-0.05, 0) is 20.4 Å². The first-order chi connectivity index (χ1) is 12.0.